The molecule has 0 unspecified atom stereocenters. The van der Waals surface area contributed by atoms with Gasteiger partial charge in [0.25, 0.3) is 0 Å². The van der Waals surface area contributed by atoms with E-state index in [-0.39, 0.29) is 12.0 Å². The first-order valence-corrected chi connectivity index (χ1v) is 5.90. The van der Waals surface area contributed by atoms with E-state index in [1.165, 1.54) is 18.9 Å². The summed E-state index contributed by atoms with van der Waals surface area (Å²) in [6.07, 6.45) is 0. The summed E-state index contributed by atoms with van der Waals surface area (Å²) in [6.45, 7) is 0. The van der Waals surface area contributed by atoms with Gasteiger partial charge in [-0.05, 0) is 30.0 Å². The van der Waals surface area contributed by atoms with Crippen LogP contribution in [0.25, 0.3) is 0 Å². The van der Waals surface area contributed by atoms with Crippen LogP contribution in [0, 0.1) is 0 Å². The van der Waals surface area contributed by atoms with E-state index in [4.69, 9.17) is 15.2 Å². The number of rotatable bonds is 4. The van der Waals surface area contributed by atoms with Crippen molar-refractivity contribution >= 4 is 17.7 Å². The van der Waals surface area contributed by atoms with Crippen molar-refractivity contribution in [3.8, 4) is 11.8 Å². The van der Waals surface area contributed by atoms with Crippen LogP contribution in [0.4, 0.5) is 5.95 Å². The Bertz CT molecular complexity index is 550. The maximum absolute atomic E-state index is 5.56. The highest BCUT2D eigenvalue weighted by atomic mass is 32.2. The van der Waals surface area contributed by atoms with Crippen molar-refractivity contribution in [2.75, 3.05) is 20.0 Å². The molecule has 2 aromatic rings. The lowest BCUT2D eigenvalue weighted by atomic mass is 10.3. The van der Waals surface area contributed by atoms with Gasteiger partial charge in [0.2, 0.25) is 11.1 Å². The highest BCUT2D eigenvalue weighted by Gasteiger charge is 2.07. The zero-order valence-corrected chi connectivity index (χ0v) is 10.8. The fourth-order valence-electron chi connectivity index (χ4n) is 1.26. The molecular formula is C11H12N4O2S. The van der Waals surface area contributed by atoms with Crippen LogP contribution in [0.3, 0.4) is 0 Å². The van der Waals surface area contributed by atoms with Gasteiger partial charge in [0, 0.05) is 4.90 Å². The summed E-state index contributed by atoms with van der Waals surface area (Å²) in [4.78, 5) is 12.9. The molecule has 2 rings (SSSR count). The van der Waals surface area contributed by atoms with Gasteiger partial charge in [-0.1, -0.05) is 6.07 Å². The molecule has 0 fully saturated rings. The molecule has 1 aromatic carbocycles. The van der Waals surface area contributed by atoms with E-state index in [0.717, 1.165) is 10.6 Å². The van der Waals surface area contributed by atoms with Crippen LogP contribution < -0.4 is 15.2 Å². The van der Waals surface area contributed by atoms with Crippen molar-refractivity contribution < 1.29 is 9.47 Å². The first-order valence-electron chi connectivity index (χ1n) is 5.08. The van der Waals surface area contributed by atoms with Crippen LogP contribution in [-0.4, -0.2) is 29.2 Å². The quantitative estimate of drug-likeness (QED) is 0.898. The fourth-order valence-corrected chi connectivity index (χ4v) is 2.06. The minimum atomic E-state index is 0.132. The molecule has 94 valence electrons. The van der Waals surface area contributed by atoms with Gasteiger partial charge in [-0.25, -0.2) is 0 Å². The highest BCUT2D eigenvalue weighted by molar-refractivity contribution is 7.99. The summed E-state index contributed by atoms with van der Waals surface area (Å²) in [5, 5.41) is 0.479. The Labute approximate surface area is 109 Å². The summed E-state index contributed by atoms with van der Waals surface area (Å²) in [5.41, 5.74) is 5.56. The third kappa shape index (κ3) is 3.01. The maximum Gasteiger partial charge on any atom is 0.321 e. The van der Waals surface area contributed by atoms with Gasteiger partial charge in [-0.3, -0.25) is 0 Å². The molecule has 2 N–H and O–H groups in total. The Morgan fingerprint density at radius 2 is 1.94 bits per heavy atom. The smallest absolute Gasteiger partial charge is 0.321 e. The molecule has 18 heavy (non-hydrogen) atoms. The number of nitrogen functional groups attached to an aromatic ring is 1. The first kappa shape index (κ1) is 12.4. The van der Waals surface area contributed by atoms with Crippen molar-refractivity contribution in [1.82, 2.24) is 15.0 Å². The van der Waals surface area contributed by atoms with Gasteiger partial charge >= 0.3 is 6.01 Å². The minimum Gasteiger partial charge on any atom is -0.497 e. The molecule has 0 aliphatic carbocycles. The number of ether oxygens (including phenoxy) is 2. The summed E-state index contributed by atoms with van der Waals surface area (Å²) in [5.74, 6) is 0.904. The van der Waals surface area contributed by atoms with Gasteiger partial charge in [0.1, 0.15) is 5.75 Å². The van der Waals surface area contributed by atoms with Crippen LogP contribution in [0.2, 0.25) is 0 Å². The van der Waals surface area contributed by atoms with Gasteiger partial charge in [0.15, 0.2) is 0 Å². The standard InChI is InChI=1S/C11H12N4O2S/c1-16-7-4-3-5-8(6-7)18-11-14-9(12)13-10(15-11)17-2/h3-6H,1-2H3,(H2,12,13,14,15). The molecule has 1 heterocycles. The normalized spacial score (nSPS) is 10.1. The zero-order valence-electron chi connectivity index (χ0n) is 9.95. The van der Waals surface area contributed by atoms with Crippen molar-refractivity contribution in [3.63, 3.8) is 0 Å². The van der Waals surface area contributed by atoms with Crippen LogP contribution >= 0.6 is 11.8 Å². The van der Waals surface area contributed by atoms with Crippen LogP contribution in [0.1, 0.15) is 0 Å². The third-order valence-electron chi connectivity index (χ3n) is 2.04. The second kappa shape index (κ2) is 5.54. The Hall–Kier alpha value is -2.02. The monoisotopic (exact) mass is 264 g/mol. The number of anilines is 1. The minimum absolute atomic E-state index is 0.132. The second-order valence-electron chi connectivity index (χ2n) is 3.24. The Balaban J connectivity index is 2.24. The van der Waals surface area contributed by atoms with E-state index in [1.54, 1.807) is 7.11 Å². The van der Waals surface area contributed by atoms with E-state index >= 15 is 0 Å². The number of nitrogens with zero attached hydrogens (tertiary/aromatic N) is 3. The molecule has 7 heteroatoms. The summed E-state index contributed by atoms with van der Waals surface area (Å²) < 4.78 is 10.1. The number of benzene rings is 1. The number of hydrogen-bond acceptors (Lipinski definition) is 7. The molecule has 0 bridgehead atoms. The SMILES string of the molecule is COc1cccc(Sc2nc(N)nc(OC)n2)c1. The third-order valence-corrected chi connectivity index (χ3v) is 2.90. The molecule has 0 radical (unpaired) electrons. The zero-order chi connectivity index (χ0) is 13.0. The van der Waals surface area contributed by atoms with E-state index in [2.05, 4.69) is 15.0 Å². The number of aromatic nitrogens is 3. The average Bonchev–Trinajstić information content (AvgIpc) is 2.38. The molecule has 0 spiro atoms. The Morgan fingerprint density at radius 1 is 1.11 bits per heavy atom. The summed E-state index contributed by atoms with van der Waals surface area (Å²) in [6, 6.07) is 7.78. The Morgan fingerprint density at radius 3 is 2.67 bits per heavy atom. The largest absolute Gasteiger partial charge is 0.497 e. The molecule has 0 aliphatic rings. The van der Waals surface area contributed by atoms with Crippen LogP contribution in [0.5, 0.6) is 11.8 Å². The number of nitrogens with two attached hydrogens (primary N) is 1. The predicted octanol–water partition coefficient (Wildman–Crippen LogP) is 1.62. The van der Waals surface area contributed by atoms with E-state index in [0.29, 0.717) is 5.16 Å². The van der Waals surface area contributed by atoms with Gasteiger partial charge in [-0.15, -0.1) is 0 Å². The van der Waals surface area contributed by atoms with Crippen molar-refractivity contribution in [3.05, 3.63) is 24.3 Å². The fraction of sp³-hybridized carbons (Fsp3) is 0.182. The Kier molecular flexibility index (Phi) is 3.83. The van der Waals surface area contributed by atoms with Gasteiger partial charge in [-0.2, -0.15) is 15.0 Å². The number of hydrogen-bond donors (Lipinski definition) is 1. The van der Waals surface area contributed by atoms with E-state index in [9.17, 15) is 0 Å². The molecule has 0 saturated heterocycles. The van der Waals surface area contributed by atoms with Crippen molar-refractivity contribution in [1.29, 1.82) is 0 Å². The topological polar surface area (TPSA) is 83.2 Å². The van der Waals surface area contributed by atoms with Crippen LogP contribution in [0.15, 0.2) is 34.3 Å². The molecule has 0 amide bonds. The van der Waals surface area contributed by atoms with Gasteiger partial charge < -0.3 is 15.2 Å². The lowest BCUT2D eigenvalue weighted by Gasteiger charge is -2.04. The maximum atomic E-state index is 5.56. The summed E-state index contributed by atoms with van der Waals surface area (Å²) in [7, 11) is 3.10. The average molecular weight is 264 g/mol. The van der Waals surface area contributed by atoms with Crippen molar-refractivity contribution in [2.45, 2.75) is 10.1 Å². The second-order valence-corrected chi connectivity index (χ2v) is 4.28. The molecular weight excluding hydrogens is 252 g/mol. The van der Waals surface area contributed by atoms with E-state index < -0.39 is 0 Å². The highest BCUT2D eigenvalue weighted by Crippen LogP contribution is 2.28. The molecule has 1 aromatic heterocycles. The summed E-state index contributed by atoms with van der Waals surface area (Å²) >= 11 is 1.36. The predicted molar refractivity (Wildman–Crippen MR) is 67.9 cm³/mol. The van der Waals surface area contributed by atoms with Crippen LogP contribution in [-0.2, 0) is 0 Å². The molecule has 0 aliphatic heterocycles. The first-order chi connectivity index (χ1) is 8.71. The van der Waals surface area contributed by atoms with Crippen molar-refractivity contribution in [2.24, 2.45) is 0 Å². The number of methoxy groups -OCH3 is 2. The molecule has 6 nitrogen and oxygen atoms in total. The van der Waals surface area contributed by atoms with E-state index in [1.807, 2.05) is 24.3 Å². The molecule has 0 atom stereocenters. The molecule has 0 saturated carbocycles. The lowest BCUT2D eigenvalue weighted by Crippen LogP contribution is -2.01. The lowest BCUT2D eigenvalue weighted by molar-refractivity contribution is 0.374. The van der Waals surface area contributed by atoms with Gasteiger partial charge in [0.05, 0.1) is 14.2 Å².